The number of nitrogens with zero attached hydrogens (tertiary/aromatic N) is 2. The third-order valence-electron chi connectivity index (χ3n) is 3.69. The van der Waals surface area contributed by atoms with Crippen LogP contribution in [0.1, 0.15) is 40.0 Å². The van der Waals surface area contributed by atoms with Crippen molar-refractivity contribution in [2.24, 2.45) is 5.92 Å². The smallest absolute Gasteiger partial charge is 0.244 e. The van der Waals surface area contributed by atoms with Gasteiger partial charge in [-0.3, -0.25) is 9.59 Å². The Hall–Kier alpha value is -1.83. The van der Waals surface area contributed by atoms with E-state index < -0.39 is 0 Å². The first-order valence-corrected chi connectivity index (χ1v) is 7.07. The Labute approximate surface area is 120 Å². The van der Waals surface area contributed by atoms with Crippen molar-refractivity contribution in [1.82, 2.24) is 10.2 Å². The molecule has 0 unspecified atom stereocenters. The van der Waals surface area contributed by atoms with Crippen LogP contribution in [-0.2, 0) is 9.59 Å². The van der Waals surface area contributed by atoms with E-state index in [0.29, 0.717) is 19.0 Å². The van der Waals surface area contributed by atoms with Gasteiger partial charge in [-0.05, 0) is 25.7 Å². The van der Waals surface area contributed by atoms with Crippen molar-refractivity contribution < 1.29 is 9.59 Å². The summed E-state index contributed by atoms with van der Waals surface area (Å²) in [6, 6.07) is 1.99. The lowest BCUT2D eigenvalue weighted by Crippen LogP contribution is -2.46. The molecule has 0 aromatic rings. The first-order valence-electron chi connectivity index (χ1n) is 7.07. The van der Waals surface area contributed by atoms with E-state index in [2.05, 4.69) is 19.2 Å². The molecule has 0 atom stereocenters. The van der Waals surface area contributed by atoms with Gasteiger partial charge in [-0.1, -0.05) is 19.4 Å². The molecule has 1 aliphatic rings. The Morgan fingerprint density at radius 3 is 2.50 bits per heavy atom. The third kappa shape index (κ3) is 5.04. The summed E-state index contributed by atoms with van der Waals surface area (Å²) in [5.41, 5.74) is 1.06. The first kappa shape index (κ1) is 16.2. The van der Waals surface area contributed by atoms with Gasteiger partial charge in [0.15, 0.2) is 0 Å². The van der Waals surface area contributed by atoms with Crippen molar-refractivity contribution in [1.29, 1.82) is 5.26 Å². The van der Waals surface area contributed by atoms with Crippen molar-refractivity contribution in [2.45, 2.75) is 46.1 Å². The Morgan fingerprint density at radius 2 is 2.00 bits per heavy atom. The number of rotatable bonds is 4. The Kier molecular flexibility index (Phi) is 6.23. The third-order valence-corrected chi connectivity index (χ3v) is 3.69. The van der Waals surface area contributed by atoms with E-state index in [9.17, 15) is 9.59 Å². The van der Waals surface area contributed by atoms with Crippen LogP contribution < -0.4 is 5.32 Å². The van der Waals surface area contributed by atoms with E-state index >= 15 is 0 Å². The molecule has 1 N–H and O–H groups in total. The van der Waals surface area contributed by atoms with Gasteiger partial charge in [0.1, 0.15) is 6.42 Å². The van der Waals surface area contributed by atoms with E-state index in [1.165, 1.54) is 0 Å². The number of carbonyl (C=O) groups is 2. The van der Waals surface area contributed by atoms with Gasteiger partial charge in [0.05, 0.1) is 6.07 Å². The fraction of sp³-hybridized carbons (Fsp3) is 0.667. The quantitative estimate of drug-likeness (QED) is 0.793. The van der Waals surface area contributed by atoms with Gasteiger partial charge >= 0.3 is 0 Å². The zero-order chi connectivity index (χ0) is 15.1. The average molecular weight is 277 g/mol. The van der Waals surface area contributed by atoms with Crippen LogP contribution in [0.25, 0.3) is 0 Å². The highest BCUT2D eigenvalue weighted by Crippen LogP contribution is 2.12. The van der Waals surface area contributed by atoms with Crippen molar-refractivity contribution in [3.05, 3.63) is 11.6 Å². The number of likely N-dealkylation sites (tertiary alicyclic amines) is 1. The number of hydrogen-bond acceptors (Lipinski definition) is 3. The highest BCUT2D eigenvalue weighted by molar-refractivity contribution is 5.88. The van der Waals surface area contributed by atoms with Gasteiger partial charge in [-0.15, -0.1) is 0 Å². The zero-order valence-electron chi connectivity index (χ0n) is 12.5. The summed E-state index contributed by atoms with van der Waals surface area (Å²) in [4.78, 5) is 25.1. The number of carbonyl (C=O) groups excluding carboxylic acids is 2. The second-order valence-corrected chi connectivity index (χ2v) is 5.54. The summed E-state index contributed by atoms with van der Waals surface area (Å²) in [5, 5.41) is 11.5. The fourth-order valence-corrected chi connectivity index (χ4v) is 2.07. The fourth-order valence-electron chi connectivity index (χ4n) is 2.07. The molecule has 1 rings (SSSR count). The monoisotopic (exact) mass is 277 g/mol. The van der Waals surface area contributed by atoms with Gasteiger partial charge in [0, 0.05) is 25.2 Å². The number of hydrogen-bond donors (Lipinski definition) is 1. The van der Waals surface area contributed by atoms with E-state index in [1.807, 2.05) is 13.0 Å². The lowest BCUT2D eigenvalue weighted by atomic mass is 10.0. The van der Waals surface area contributed by atoms with Crippen LogP contribution in [0.2, 0.25) is 0 Å². The normalized spacial score (nSPS) is 16.9. The van der Waals surface area contributed by atoms with Crippen molar-refractivity contribution in [3.63, 3.8) is 0 Å². The molecule has 0 bridgehead atoms. The summed E-state index contributed by atoms with van der Waals surface area (Å²) < 4.78 is 0. The second-order valence-electron chi connectivity index (χ2n) is 5.54. The minimum absolute atomic E-state index is 0.0574. The maximum Gasteiger partial charge on any atom is 0.244 e. The van der Waals surface area contributed by atoms with Crippen LogP contribution in [0.3, 0.4) is 0 Å². The molecule has 110 valence electrons. The average Bonchev–Trinajstić information content (AvgIpc) is 2.39. The predicted molar refractivity (Wildman–Crippen MR) is 76.6 cm³/mol. The molecular formula is C15H23N3O2. The van der Waals surface area contributed by atoms with E-state index in [0.717, 1.165) is 18.4 Å². The molecule has 1 saturated heterocycles. The molecule has 1 heterocycles. The summed E-state index contributed by atoms with van der Waals surface area (Å²) in [7, 11) is 0. The van der Waals surface area contributed by atoms with E-state index in [4.69, 9.17) is 5.26 Å². The Morgan fingerprint density at radius 1 is 1.40 bits per heavy atom. The lowest BCUT2D eigenvalue weighted by Gasteiger charge is -2.31. The van der Waals surface area contributed by atoms with Crippen molar-refractivity contribution >= 4 is 11.8 Å². The highest BCUT2D eigenvalue weighted by atomic mass is 16.2. The van der Waals surface area contributed by atoms with Crippen LogP contribution in [0.5, 0.6) is 0 Å². The van der Waals surface area contributed by atoms with Crippen molar-refractivity contribution in [2.75, 3.05) is 13.1 Å². The van der Waals surface area contributed by atoms with Gasteiger partial charge in [0.25, 0.3) is 0 Å². The van der Waals surface area contributed by atoms with Crippen LogP contribution in [0.4, 0.5) is 0 Å². The van der Waals surface area contributed by atoms with Gasteiger partial charge in [0.2, 0.25) is 11.8 Å². The zero-order valence-corrected chi connectivity index (χ0v) is 12.5. The van der Waals surface area contributed by atoms with Crippen LogP contribution >= 0.6 is 0 Å². The molecule has 0 radical (unpaired) electrons. The molecule has 0 saturated carbocycles. The molecular weight excluding hydrogens is 254 g/mol. The number of allylic oxidation sites excluding steroid dienone is 1. The molecule has 0 aromatic carbocycles. The summed E-state index contributed by atoms with van der Waals surface area (Å²) in [6.07, 6.45) is 3.08. The van der Waals surface area contributed by atoms with E-state index in [1.54, 1.807) is 11.0 Å². The topological polar surface area (TPSA) is 73.2 Å². The number of amides is 2. The summed E-state index contributed by atoms with van der Waals surface area (Å²) in [6.45, 7) is 7.28. The number of nitriles is 1. The highest BCUT2D eigenvalue weighted by Gasteiger charge is 2.23. The predicted octanol–water partition coefficient (Wildman–Crippen LogP) is 1.61. The van der Waals surface area contributed by atoms with Gasteiger partial charge in [-0.25, -0.2) is 0 Å². The molecule has 2 amide bonds. The van der Waals surface area contributed by atoms with Crippen LogP contribution in [-0.4, -0.2) is 35.8 Å². The molecule has 5 nitrogen and oxygen atoms in total. The second kappa shape index (κ2) is 7.68. The molecule has 1 aliphatic heterocycles. The molecule has 20 heavy (non-hydrogen) atoms. The molecule has 5 heteroatoms. The maximum atomic E-state index is 11.8. The van der Waals surface area contributed by atoms with E-state index in [-0.39, 0.29) is 24.3 Å². The number of nitrogens with one attached hydrogen (secondary N) is 1. The lowest BCUT2D eigenvalue weighted by molar-refractivity contribution is -0.131. The minimum atomic E-state index is -0.118. The largest absolute Gasteiger partial charge is 0.350 e. The SMILES string of the molecule is C/C(=C\C(=O)NC1CCN(C(=O)CC#N)CC1)C(C)C. The first-order chi connectivity index (χ1) is 9.43. The van der Waals surface area contributed by atoms with Crippen molar-refractivity contribution in [3.8, 4) is 6.07 Å². The summed E-state index contributed by atoms with van der Waals surface area (Å²) in [5.74, 6) is 0.192. The standard InChI is InChI=1S/C15H23N3O2/c1-11(2)12(3)10-14(19)17-13-5-8-18(9-6-13)15(20)4-7-16/h10-11,13H,4-6,8-9H2,1-3H3,(H,17,19)/b12-10+. The molecule has 0 aliphatic carbocycles. The Bertz CT molecular complexity index is 427. The van der Waals surface area contributed by atoms with Crippen LogP contribution in [0.15, 0.2) is 11.6 Å². The number of piperidine rings is 1. The minimum Gasteiger partial charge on any atom is -0.350 e. The van der Waals surface area contributed by atoms with Crippen LogP contribution in [0, 0.1) is 17.2 Å². The maximum absolute atomic E-state index is 11.8. The molecule has 0 spiro atoms. The molecule has 0 aromatic heterocycles. The van der Waals surface area contributed by atoms with Gasteiger partial charge < -0.3 is 10.2 Å². The molecule has 1 fully saturated rings. The Balaban J connectivity index is 2.40. The summed E-state index contributed by atoms with van der Waals surface area (Å²) >= 11 is 0. The van der Waals surface area contributed by atoms with Gasteiger partial charge in [-0.2, -0.15) is 5.26 Å².